The van der Waals surface area contributed by atoms with E-state index < -0.39 is 11.9 Å². The lowest BCUT2D eigenvalue weighted by atomic mass is 9.96. The standard InChI is InChI=1S/2C21H25ClN2O3/c2*22-19-8-6-18(7-9-19)21(17-4-2-1-3-5-17)24-12-10-23(11-13-24)14-15-27-16-20(25)26/h2*1-9,21H,10-16H2,(H,25,26)/t2*21-/m11/s1. The number of hydrogen-bond acceptors (Lipinski definition) is 8. The number of hydrogen-bond donors (Lipinski definition) is 2. The molecule has 0 unspecified atom stereocenters. The largest absolute Gasteiger partial charge is 0.480 e. The number of benzene rings is 4. The highest BCUT2D eigenvalue weighted by Crippen LogP contribution is 2.32. The topological polar surface area (TPSA) is 106 Å². The molecule has 0 aromatic heterocycles. The summed E-state index contributed by atoms with van der Waals surface area (Å²) in [6, 6.07) is 37.7. The maximum atomic E-state index is 10.5. The SMILES string of the molecule is O=C(O)COCCN1CCN([C@H](c2ccccc2)c2ccc(Cl)cc2)CC1.O=C(O)COCCN1CCN([C@H](c2ccccc2)c2ccc(Cl)cc2)CC1. The molecule has 2 heterocycles. The van der Waals surface area contributed by atoms with Crippen molar-refractivity contribution in [3.63, 3.8) is 0 Å². The summed E-state index contributed by atoms with van der Waals surface area (Å²) < 4.78 is 10.3. The Hall–Kier alpha value is -3.84. The van der Waals surface area contributed by atoms with Crippen LogP contribution in [0.5, 0.6) is 0 Å². The van der Waals surface area contributed by atoms with Crippen LogP contribution in [0.15, 0.2) is 109 Å². The van der Waals surface area contributed by atoms with Gasteiger partial charge in [0.1, 0.15) is 13.2 Å². The first-order chi connectivity index (χ1) is 26.3. The van der Waals surface area contributed by atoms with Crippen LogP contribution in [0.25, 0.3) is 0 Å². The van der Waals surface area contributed by atoms with Gasteiger partial charge in [0.15, 0.2) is 0 Å². The van der Waals surface area contributed by atoms with E-state index in [9.17, 15) is 9.59 Å². The molecule has 2 fully saturated rings. The van der Waals surface area contributed by atoms with Crippen molar-refractivity contribution in [2.45, 2.75) is 12.1 Å². The van der Waals surface area contributed by atoms with E-state index >= 15 is 0 Å². The fourth-order valence-corrected chi connectivity index (χ4v) is 7.24. The molecule has 0 amide bonds. The molecule has 0 aliphatic carbocycles. The van der Waals surface area contributed by atoms with Crippen molar-refractivity contribution in [3.05, 3.63) is 141 Å². The Kier molecular flexibility index (Phi) is 16.8. The molecule has 0 spiro atoms. The predicted molar refractivity (Wildman–Crippen MR) is 212 cm³/mol. The van der Waals surface area contributed by atoms with Gasteiger partial charge in [0.05, 0.1) is 25.3 Å². The molecule has 0 saturated carbocycles. The zero-order chi connectivity index (χ0) is 38.1. The number of carbonyl (C=O) groups is 2. The van der Waals surface area contributed by atoms with Gasteiger partial charge in [0.2, 0.25) is 0 Å². The van der Waals surface area contributed by atoms with Gasteiger partial charge in [0.25, 0.3) is 0 Å². The number of piperazine rings is 2. The summed E-state index contributed by atoms with van der Waals surface area (Å²) in [5.74, 6) is -1.85. The fourth-order valence-electron chi connectivity index (χ4n) is 6.99. The molecule has 54 heavy (non-hydrogen) atoms. The molecule has 0 bridgehead atoms. The normalized spacial score (nSPS) is 16.9. The molecule has 10 nitrogen and oxygen atoms in total. The average molecular weight is 778 g/mol. The lowest BCUT2D eigenvalue weighted by Crippen LogP contribution is -2.48. The molecular formula is C42H50Cl2N4O6. The summed E-state index contributed by atoms with van der Waals surface area (Å²) in [4.78, 5) is 30.6. The molecule has 2 atom stereocenters. The zero-order valence-electron chi connectivity index (χ0n) is 30.5. The van der Waals surface area contributed by atoms with Gasteiger partial charge in [-0.3, -0.25) is 19.6 Å². The van der Waals surface area contributed by atoms with Gasteiger partial charge in [-0.15, -0.1) is 0 Å². The minimum atomic E-state index is -0.923. The zero-order valence-corrected chi connectivity index (χ0v) is 32.0. The number of carboxylic acids is 2. The molecule has 2 aliphatic heterocycles. The van der Waals surface area contributed by atoms with Crippen molar-refractivity contribution < 1.29 is 29.3 Å². The Labute approximate surface area is 328 Å². The van der Waals surface area contributed by atoms with E-state index in [-0.39, 0.29) is 25.3 Å². The van der Waals surface area contributed by atoms with Gasteiger partial charge in [-0.2, -0.15) is 0 Å². The summed E-state index contributed by atoms with van der Waals surface area (Å²) >= 11 is 12.2. The first-order valence-corrected chi connectivity index (χ1v) is 19.1. The van der Waals surface area contributed by atoms with E-state index in [2.05, 4.69) is 92.4 Å². The highest BCUT2D eigenvalue weighted by Gasteiger charge is 2.27. The van der Waals surface area contributed by atoms with Crippen LogP contribution in [0.1, 0.15) is 34.3 Å². The van der Waals surface area contributed by atoms with Crippen LogP contribution in [-0.2, 0) is 19.1 Å². The van der Waals surface area contributed by atoms with Crippen LogP contribution in [0, 0.1) is 0 Å². The summed E-state index contributed by atoms with van der Waals surface area (Å²) in [6.07, 6.45) is 0. The number of halogens is 2. The maximum absolute atomic E-state index is 10.5. The summed E-state index contributed by atoms with van der Waals surface area (Å²) in [5.41, 5.74) is 5.03. The minimum Gasteiger partial charge on any atom is -0.480 e. The van der Waals surface area contributed by atoms with Crippen LogP contribution in [0.2, 0.25) is 10.0 Å². The van der Waals surface area contributed by atoms with Crippen molar-refractivity contribution in [2.75, 3.05) is 91.9 Å². The van der Waals surface area contributed by atoms with Gasteiger partial charge in [-0.05, 0) is 46.5 Å². The molecule has 4 aromatic carbocycles. The summed E-state index contributed by atoms with van der Waals surface area (Å²) in [7, 11) is 0. The molecular weight excluding hydrogens is 727 g/mol. The fraction of sp³-hybridized carbons (Fsp3) is 0.381. The molecule has 12 heteroatoms. The number of nitrogens with zero attached hydrogens (tertiary/aromatic N) is 4. The minimum absolute atomic E-state index is 0.203. The van der Waals surface area contributed by atoms with Gasteiger partial charge < -0.3 is 19.7 Å². The van der Waals surface area contributed by atoms with E-state index in [1.165, 1.54) is 22.3 Å². The maximum Gasteiger partial charge on any atom is 0.329 e. The summed E-state index contributed by atoms with van der Waals surface area (Å²) in [6.45, 7) is 9.50. The second-order valence-corrected chi connectivity index (χ2v) is 14.3. The van der Waals surface area contributed by atoms with Crippen LogP contribution in [-0.4, -0.2) is 134 Å². The number of aliphatic carboxylic acids is 2. The van der Waals surface area contributed by atoms with Crippen LogP contribution < -0.4 is 0 Å². The molecule has 6 rings (SSSR count). The number of rotatable bonds is 16. The Morgan fingerprint density at radius 1 is 0.500 bits per heavy atom. The first-order valence-electron chi connectivity index (χ1n) is 18.4. The van der Waals surface area contributed by atoms with Crippen molar-refractivity contribution in [1.29, 1.82) is 0 Å². The van der Waals surface area contributed by atoms with Crippen molar-refractivity contribution in [1.82, 2.24) is 19.6 Å². The summed E-state index contributed by atoms with van der Waals surface area (Å²) in [5, 5.41) is 18.7. The lowest BCUT2D eigenvalue weighted by Gasteiger charge is -2.39. The molecule has 0 radical (unpaired) electrons. The third-order valence-electron chi connectivity index (χ3n) is 9.70. The molecule has 2 N–H and O–H groups in total. The van der Waals surface area contributed by atoms with Gasteiger partial charge in [-0.25, -0.2) is 9.59 Å². The second-order valence-electron chi connectivity index (χ2n) is 13.4. The predicted octanol–water partition coefficient (Wildman–Crippen LogP) is 6.30. The van der Waals surface area contributed by atoms with Gasteiger partial charge in [-0.1, -0.05) is 108 Å². The third-order valence-corrected chi connectivity index (χ3v) is 10.2. The van der Waals surface area contributed by atoms with E-state index in [0.29, 0.717) is 13.2 Å². The quantitative estimate of drug-likeness (QED) is 0.126. The molecule has 4 aromatic rings. The van der Waals surface area contributed by atoms with Crippen LogP contribution >= 0.6 is 23.2 Å². The number of carboxylic acid groups (broad SMARTS) is 2. The highest BCUT2D eigenvalue weighted by atomic mass is 35.5. The third kappa shape index (κ3) is 13.2. The second kappa shape index (κ2) is 21.9. The average Bonchev–Trinajstić information content (AvgIpc) is 3.19. The number of ether oxygens (including phenoxy) is 2. The van der Waals surface area contributed by atoms with Crippen LogP contribution in [0.4, 0.5) is 0 Å². The van der Waals surface area contributed by atoms with Crippen molar-refractivity contribution in [3.8, 4) is 0 Å². The lowest BCUT2D eigenvalue weighted by molar-refractivity contribution is -0.143. The Morgan fingerprint density at radius 3 is 1.13 bits per heavy atom. The monoisotopic (exact) mass is 776 g/mol. The molecule has 2 saturated heterocycles. The van der Waals surface area contributed by atoms with E-state index in [4.69, 9.17) is 42.9 Å². The van der Waals surface area contributed by atoms with Crippen LogP contribution in [0.3, 0.4) is 0 Å². The van der Waals surface area contributed by atoms with Gasteiger partial charge in [0, 0.05) is 75.5 Å². The Morgan fingerprint density at radius 2 is 0.815 bits per heavy atom. The Bertz CT molecular complexity index is 1560. The van der Waals surface area contributed by atoms with E-state index in [1.54, 1.807) is 0 Å². The first kappa shape index (κ1) is 41.3. The molecule has 2 aliphatic rings. The van der Waals surface area contributed by atoms with Crippen molar-refractivity contribution >= 4 is 35.1 Å². The van der Waals surface area contributed by atoms with E-state index in [0.717, 1.165) is 75.5 Å². The Balaban J connectivity index is 0.000000208. The smallest absolute Gasteiger partial charge is 0.329 e. The molecule has 288 valence electrons. The van der Waals surface area contributed by atoms with Gasteiger partial charge >= 0.3 is 11.9 Å². The van der Waals surface area contributed by atoms with Crippen molar-refractivity contribution in [2.24, 2.45) is 0 Å². The highest BCUT2D eigenvalue weighted by molar-refractivity contribution is 6.30. The van der Waals surface area contributed by atoms with E-state index in [1.807, 2.05) is 36.4 Å².